The van der Waals surface area contributed by atoms with Crippen LogP contribution in [0.15, 0.2) is 42.1 Å². The number of aromatic nitrogens is 1. The van der Waals surface area contributed by atoms with Crippen molar-refractivity contribution in [1.82, 2.24) is 10.3 Å². The third-order valence-corrected chi connectivity index (χ3v) is 5.01. The first-order valence-corrected chi connectivity index (χ1v) is 8.81. The van der Waals surface area contributed by atoms with Gasteiger partial charge < -0.3 is 15.0 Å². The maximum absolute atomic E-state index is 12.8. The maximum atomic E-state index is 12.8. The van der Waals surface area contributed by atoms with Crippen LogP contribution in [-0.2, 0) is 11.2 Å². The minimum Gasteiger partial charge on any atom is -0.462 e. The van der Waals surface area contributed by atoms with Crippen molar-refractivity contribution in [3.05, 3.63) is 64.5 Å². The lowest BCUT2D eigenvalue weighted by Crippen LogP contribution is -2.19. The molecule has 4 heteroatoms. The summed E-state index contributed by atoms with van der Waals surface area (Å²) in [4.78, 5) is 16.3. The summed E-state index contributed by atoms with van der Waals surface area (Å²) in [5, 5.41) is 3.28. The predicted octanol–water partition coefficient (Wildman–Crippen LogP) is 3.98. The average Bonchev–Trinajstić information content (AvgIpc) is 3.02. The minimum atomic E-state index is -0.236. The first kappa shape index (κ1) is 15.8. The normalized spacial score (nSPS) is 15.4. The zero-order chi connectivity index (χ0) is 17.4. The Labute approximate surface area is 147 Å². The smallest absolute Gasteiger partial charge is 0.340 e. The highest BCUT2D eigenvalue weighted by atomic mass is 16.5. The first-order valence-electron chi connectivity index (χ1n) is 8.81. The first-order chi connectivity index (χ1) is 12.2. The number of hydrogen-bond acceptors (Lipinski definition) is 3. The van der Waals surface area contributed by atoms with E-state index in [4.69, 9.17) is 4.74 Å². The Morgan fingerprint density at radius 1 is 1.20 bits per heavy atom. The molecule has 0 saturated heterocycles. The van der Waals surface area contributed by atoms with E-state index >= 15 is 0 Å². The Morgan fingerprint density at radius 2 is 2.04 bits per heavy atom. The second-order valence-corrected chi connectivity index (χ2v) is 6.50. The Balaban J connectivity index is 1.95. The van der Waals surface area contributed by atoms with Gasteiger partial charge in [0.1, 0.15) is 0 Å². The molecule has 4 nitrogen and oxygen atoms in total. The molecular weight excluding hydrogens is 312 g/mol. The molecule has 0 unspecified atom stereocenters. The number of hydrogen-bond donors (Lipinski definition) is 2. The summed E-state index contributed by atoms with van der Waals surface area (Å²) in [6.45, 7) is 5.17. The molecule has 0 saturated carbocycles. The van der Waals surface area contributed by atoms with Gasteiger partial charge in [-0.2, -0.15) is 0 Å². The lowest BCUT2D eigenvalue weighted by molar-refractivity contribution is 0.0526. The summed E-state index contributed by atoms with van der Waals surface area (Å²) in [5.74, 6) is -0.236. The van der Waals surface area contributed by atoms with E-state index in [0.717, 1.165) is 47.5 Å². The van der Waals surface area contributed by atoms with E-state index < -0.39 is 0 Å². The van der Waals surface area contributed by atoms with Crippen LogP contribution >= 0.6 is 0 Å². The van der Waals surface area contributed by atoms with E-state index in [-0.39, 0.29) is 5.97 Å². The number of allylic oxidation sites excluding steroid dienone is 2. The SMILES string of the molecule is CCOC(=O)c1c(-c2ccccc2C)[nH]c2c1CCC1=C2C=CNC1. The molecule has 2 heterocycles. The van der Waals surface area contributed by atoms with Crippen molar-refractivity contribution in [1.29, 1.82) is 0 Å². The van der Waals surface area contributed by atoms with Gasteiger partial charge in [-0.3, -0.25) is 0 Å². The molecule has 128 valence electrons. The van der Waals surface area contributed by atoms with Gasteiger partial charge in [0.05, 0.1) is 23.6 Å². The van der Waals surface area contributed by atoms with E-state index in [1.165, 1.54) is 11.1 Å². The fourth-order valence-corrected chi connectivity index (χ4v) is 3.80. The number of aromatic amines is 1. The number of carbonyl (C=O) groups excluding carboxylic acids is 1. The molecule has 0 amide bonds. The topological polar surface area (TPSA) is 54.1 Å². The van der Waals surface area contributed by atoms with Crippen molar-refractivity contribution in [3.63, 3.8) is 0 Å². The largest absolute Gasteiger partial charge is 0.462 e. The van der Waals surface area contributed by atoms with Gasteiger partial charge in [0, 0.05) is 17.7 Å². The van der Waals surface area contributed by atoms with Crippen LogP contribution in [-0.4, -0.2) is 24.1 Å². The van der Waals surface area contributed by atoms with E-state index in [2.05, 4.69) is 35.4 Å². The number of fused-ring (bicyclic) bond motifs is 2. The van der Waals surface area contributed by atoms with Crippen molar-refractivity contribution in [2.45, 2.75) is 26.7 Å². The highest BCUT2D eigenvalue weighted by molar-refractivity contribution is 6.01. The molecule has 2 aromatic rings. The lowest BCUT2D eigenvalue weighted by atomic mass is 9.86. The van der Waals surface area contributed by atoms with Gasteiger partial charge in [0.25, 0.3) is 0 Å². The summed E-state index contributed by atoms with van der Waals surface area (Å²) in [7, 11) is 0. The highest BCUT2D eigenvalue weighted by Gasteiger charge is 2.30. The van der Waals surface area contributed by atoms with Crippen LogP contribution < -0.4 is 5.32 Å². The molecule has 0 radical (unpaired) electrons. The molecule has 1 aliphatic carbocycles. The number of aryl methyl sites for hydroxylation is 1. The number of esters is 1. The molecule has 2 N–H and O–H groups in total. The number of nitrogens with one attached hydrogen (secondary N) is 2. The molecule has 0 spiro atoms. The molecule has 4 rings (SSSR count). The number of rotatable bonds is 3. The van der Waals surface area contributed by atoms with Crippen LogP contribution in [0.25, 0.3) is 16.8 Å². The highest BCUT2D eigenvalue weighted by Crippen LogP contribution is 2.40. The number of dihydropyridines is 1. The predicted molar refractivity (Wildman–Crippen MR) is 99.3 cm³/mol. The number of carbonyl (C=O) groups is 1. The summed E-state index contributed by atoms with van der Waals surface area (Å²) >= 11 is 0. The summed E-state index contributed by atoms with van der Waals surface area (Å²) in [6, 6.07) is 8.15. The van der Waals surface area contributed by atoms with Crippen LogP contribution in [0.3, 0.4) is 0 Å². The summed E-state index contributed by atoms with van der Waals surface area (Å²) in [5.41, 5.74) is 8.53. The Hall–Kier alpha value is -2.75. The lowest BCUT2D eigenvalue weighted by Gasteiger charge is -2.22. The van der Waals surface area contributed by atoms with Gasteiger partial charge in [-0.05, 0) is 55.7 Å². The van der Waals surface area contributed by atoms with E-state index in [1.54, 1.807) is 0 Å². The quantitative estimate of drug-likeness (QED) is 0.835. The van der Waals surface area contributed by atoms with Crippen LogP contribution in [0, 0.1) is 6.92 Å². The van der Waals surface area contributed by atoms with Crippen molar-refractivity contribution in [2.75, 3.05) is 13.2 Å². The number of benzene rings is 1. The van der Waals surface area contributed by atoms with Gasteiger partial charge in [-0.15, -0.1) is 0 Å². The van der Waals surface area contributed by atoms with E-state index in [1.807, 2.05) is 25.3 Å². The van der Waals surface area contributed by atoms with E-state index in [9.17, 15) is 4.79 Å². The third-order valence-electron chi connectivity index (χ3n) is 5.01. The summed E-state index contributed by atoms with van der Waals surface area (Å²) < 4.78 is 5.39. The second kappa shape index (κ2) is 6.28. The maximum Gasteiger partial charge on any atom is 0.340 e. The fraction of sp³-hybridized carbons (Fsp3) is 0.286. The standard InChI is InChI=1S/C21H22N2O2/c1-3-25-21(24)18-17-9-8-14-12-22-11-10-16(14)19(17)23-20(18)15-7-5-4-6-13(15)2/h4-7,10-11,22-23H,3,8-9,12H2,1-2H3. The van der Waals surface area contributed by atoms with Crippen LogP contribution in [0.4, 0.5) is 0 Å². The zero-order valence-corrected chi connectivity index (χ0v) is 14.6. The fourth-order valence-electron chi connectivity index (χ4n) is 3.80. The molecule has 2 aliphatic rings. The Kier molecular flexibility index (Phi) is 3.96. The monoisotopic (exact) mass is 334 g/mol. The van der Waals surface area contributed by atoms with Crippen LogP contribution in [0.5, 0.6) is 0 Å². The number of H-pyrrole nitrogens is 1. The van der Waals surface area contributed by atoms with E-state index in [0.29, 0.717) is 12.2 Å². The molecule has 1 aliphatic heterocycles. The van der Waals surface area contributed by atoms with Crippen molar-refractivity contribution < 1.29 is 9.53 Å². The van der Waals surface area contributed by atoms with Crippen LogP contribution in [0.1, 0.15) is 40.5 Å². The molecular formula is C21H22N2O2. The van der Waals surface area contributed by atoms with Gasteiger partial charge in [-0.25, -0.2) is 4.79 Å². The molecule has 1 aromatic carbocycles. The molecule has 1 aromatic heterocycles. The Morgan fingerprint density at radius 3 is 2.84 bits per heavy atom. The number of ether oxygens (including phenoxy) is 1. The molecule has 0 atom stereocenters. The van der Waals surface area contributed by atoms with Crippen LogP contribution in [0.2, 0.25) is 0 Å². The van der Waals surface area contributed by atoms with Gasteiger partial charge >= 0.3 is 5.97 Å². The second-order valence-electron chi connectivity index (χ2n) is 6.50. The molecule has 0 bridgehead atoms. The van der Waals surface area contributed by atoms with Gasteiger partial charge in [-0.1, -0.05) is 24.3 Å². The molecule has 25 heavy (non-hydrogen) atoms. The van der Waals surface area contributed by atoms with Gasteiger partial charge in [0.15, 0.2) is 0 Å². The van der Waals surface area contributed by atoms with Crippen molar-refractivity contribution in [2.24, 2.45) is 0 Å². The van der Waals surface area contributed by atoms with Crippen molar-refractivity contribution in [3.8, 4) is 11.3 Å². The average molecular weight is 334 g/mol. The third kappa shape index (κ3) is 2.58. The Bertz CT molecular complexity index is 903. The summed E-state index contributed by atoms with van der Waals surface area (Å²) in [6.07, 6.45) is 5.91. The van der Waals surface area contributed by atoms with Crippen molar-refractivity contribution >= 4 is 11.5 Å². The zero-order valence-electron chi connectivity index (χ0n) is 14.6. The van der Waals surface area contributed by atoms with Gasteiger partial charge in [0.2, 0.25) is 0 Å². The minimum absolute atomic E-state index is 0.236. The molecule has 0 fully saturated rings.